The maximum atomic E-state index is 10.2. The maximum Gasteiger partial charge on any atom is 0.235 e. The summed E-state index contributed by atoms with van der Waals surface area (Å²) in [6, 6.07) is 7.61. The van der Waals surface area contributed by atoms with Gasteiger partial charge in [-0.15, -0.1) is 6.42 Å². The van der Waals surface area contributed by atoms with E-state index in [1.165, 1.54) is 0 Å². The Labute approximate surface area is 82.7 Å². The number of isocyanates is 1. The SMILES string of the molecule is C#Cc1ccc(C2(N=C=O)CC2)cc1. The van der Waals surface area contributed by atoms with Crippen LogP contribution < -0.4 is 0 Å². The zero-order chi connectivity index (χ0) is 10.0. The summed E-state index contributed by atoms with van der Waals surface area (Å²) in [6.07, 6.45) is 8.74. The molecule has 0 saturated heterocycles. The Bertz CT molecular complexity index is 428. The number of hydrogen-bond donors (Lipinski definition) is 0. The van der Waals surface area contributed by atoms with Crippen LogP contribution in [0, 0.1) is 12.3 Å². The van der Waals surface area contributed by atoms with Crippen molar-refractivity contribution in [1.29, 1.82) is 0 Å². The van der Waals surface area contributed by atoms with Gasteiger partial charge in [-0.3, -0.25) is 0 Å². The van der Waals surface area contributed by atoms with Gasteiger partial charge in [-0.05, 0) is 30.5 Å². The van der Waals surface area contributed by atoms with Crippen LogP contribution in [0.25, 0.3) is 0 Å². The number of rotatable bonds is 2. The van der Waals surface area contributed by atoms with Crippen molar-refractivity contribution in [2.24, 2.45) is 4.99 Å². The highest BCUT2D eigenvalue weighted by Crippen LogP contribution is 2.49. The highest BCUT2D eigenvalue weighted by atomic mass is 16.1. The lowest BCUT2D eigenvalue weighted by atomic mass is 10.0. The first-order valence-corrected chi connectivity index (χ1v) is 4.47. The number of aliphatic imine (C=N–C) groups is 1. The van der Waals surface area contributed by atoms with Gasteiger partial charge in [0.2, 0.25) is 6.08 Å². The quantitative estimate of drug-likeness (QED) is 0.391. The van der Waals surface area contributed by atoms with Crippen molar-refractivity contribution in [2.45, 2.75) is 18.4 Å². The summed E-state index contributed by atoms with van der Waals surface area (Å²) >= 11 is 0. The van der Waals surface area contributed by atoms with Gasteiger partial charge in [0, 0.05) is 5.56 Å². The predicted molar refractivity (Wildman–Crippen MR) is 53.4 cm³/mol. The Hall–Kier alpha value is -1.84. The molecule has 0 spiro atoms. The predicted octanol–water partition coefficient (Wildman–Crippen LogP) is 1.99. The van der Waals surface area contributed by atoms with Gasteiger partial charge in [-0.25, -0.2) is 4.79 Å². The van der Waals surface area contributed by atoms with E-state index in [1.54, 1.807) is 6.08 Å². The fourth-order valence-electron chi connectivity index (χ4n) is 1.55. The second-order valence-electron chi connectivity index (χ2n) is 3.46. The minimum Gasteiger partial charge on any atom is -0.211 e. The van der Waals surface area contributed by atoms with Gasteiger partial charge in [0.1, 0.15) is 0 Å². The smallest absolute Gasteiger partial charge is 0.211 e. The Morgan fingerprint density at radius 1 is 1.29 bits per heavy atom. The minimum absolute atomic E-state index is 0.283. The molecule has 14 heavy (non-hydrogen) atoms. The van der Waals surface area contributed by atoms with Crippen LogP contribution in [0.5, 0.6) is 0 Å². The molecule has 0 amide bonds. The zero-order valence-electron chi connectivity index (χ0n) is 7.66. The van der Waals surface area contributed by atoms with Crippen molar-refractivity contribution in [3.05, 3.63) is 35.4 Å². The summed E-state index contributed by atoms with van der Waals surface area (Å²) in [5, 5.41) is 0. The molecule has 0 bridgehead atoms. The molecule has 0 aliphatic heterocycles. The molecule has 0 radical (unpaired) electrons. The second-order valence-corrected chi connectivity index (χ2v) is 3.46. The molecule has 0 N–H and O–H groups in total. The third-order valence-electron chi connectivity index (χ3n) is 2.57. The van der Waals surface area contributed by atoms with Crippen LogP contribution in [-0.4, -0.2) is 6.08 Å². The molecule has 0 unspecified atom stereocenters. The average molecular weight is 183 g/mol. The van der Waals surface area contributed by atoms with E-state index in [-0.39, 0.29) is 5.54 Å². The standard InChI is InChI=1S/C12H9NO/c1-2-10-3-5-11(6-4-10)12(7-8-12)13-9-14/h1,3-6H,7-8H2. The Morgan fingerprint density at radius 3 is 2.36 bits per heavy atom. The van der Waals surface area contributed by atoms with E-state index >= 15 is 0 Å². The topological polar surface area (TPSA) is 29.4 Å². The first-order chi connectivity index (χ1) is 6.80. The van der Waals surface area contributed by atoms with Crippen LogP contribution >= 0.6 is 0 Å². The summed E-state index contributed by atoms with van der Waals surface area (Å²) in [4.78, 5) is 14.1. The van der Waals surface area contributed by atoms with Gasteiger partial charge < -0.3 is 0 Å². The molecule has 2 nitrogen and oxygen atoms in total. The number of hydrogen-bond acceptors (Lipinski definition) is 2. The normalized spacial score (nSPS) is 16.5. The van der Waals surface area contributed by atoms with Gasteiger partial charge in [-0.2, -0.15) is 4.99 Å². The van der Waals surface area contributed by atoms with Crippen LogP contribution in [0.1, 0.15) is 24.0 Å². The maximum absolute atomic E-state index is 10.2. The number of benzene rings is 1. The third kappa shape index (κ3) is 1.35. The summed E-state index contributed by atoms with van der Waals surface area (Å²) in [5.74, 6) is 2.55. The van der Waals surface area contributed by atoms with E-state index in [0.717, 1.165) is 24.0 Å². The highest BCUT2D eigenvalue weighted by Gasteiger charge is 2.44. The summed E-state index contributed by atoms with van der Waals surface area (Å²) < 4.78 is 0. The molecule has 0 heterocycles. The minimum atomic E-state index is -0.283. The van der Waals surface area contributed by atoms with Crippen molar-refractivity contribution in [2.75, 3.05) is 0 Å². The van der Waals surface area contributed by atoms with Crippen molar-refractivity contribution in [1.82, 2.24) is 0 Å². The number of carbonyl (C=O) groups excluding carboxylic acids is 1. The summed E-state index contributed by atoms with van der Waals surface area (Å²) in [5.41, 5.74) is 1.62. The molecule has 0 atom stereocenters. The lowest BCUT2D eigenvalue weighted by Crippen LogP contribution is -2.01. The lowest BCUT2D eigenvalue weighted by molar-refractivity contribution is 0.556. The summed E-state index contributed by atoms with van der Waals surface area (Å²) in [7, 11) is 0. The van der Waals surface area contributed by atoms with E-state index in [1.807, 2.05) is 24.3 Å². The Kier molecular flexibility index (Phi) is 1.96. The second kappa shape index (κ2) is 3.14. The van der Waals surface area contributed by atoms with Crippen molar-refractivity contribution in [3.8, 4) is 12.3 Å². The van der Waals surface area contributed by atoms with Gasteiger partial charge >= 0.3 is 0 Å². The first kappa shape index (κ1) is 8.74. The van der Waals surface area contributed by atoms with E-state index in [9.17, 15) is 4.79 Å². The first-order valence-electron chi connectivity index (χ1n) is 4.47. The molecule has 1 aromatic carbocycles. The molecule has 2 heteroatoms. The lowest BCUT2D eigenvalue weighted by Gasteiger charge is -2.07. The fraction of sp³-hybridized carbons (Fsp3) is 0.250. The molecule has 1 saturated carbocycles. The number of terminal acetylenes is 1. The molecule has 1 aromatic rings. The Balaban J connectivity index is 2.35. The zero-order valence-corrected chi connectivity index (χ0v) is 7.66. The monoisotopic (exact) mass is 183 g/mol. The van der Waals surface area contributed by atoms with Crippen molar-refractivity contribution < 1.29 is 4.79 Å². The molecule has 1 fully saturated rings. The van der Waals surface area contributed by atoms with Gasteiger partial charge in [0.05, 0.1) is 5.54 Å². The summed E-state index contributed by atoms with van der Waals surface area (Å²) in [6.45, 7) is 0. The largest absolute Gasteiger partial charge is 0.235 e. The van der Waals surface area contributed by atoms with Crippen LogP contribution in [0.3, 0.4) is 0 Å². The third-order valence-corrected chi connectivity index (χ3v) is 2.57. The fourth-order valence-corrected chi connectivity index (χ4v) is 1.55. The Morgan fingerprint density at radius 2 is 1.93 bits per heavy atom. The molecule has 1 aliphatic rings. The molecular weight excluding hydrogens is 174 g/mol. The van der Waals surface area contributed by atoms with E-state index < -0.39 is 0 Å². The van der Waals surface area contributed by atoms with Crippen LogP contribution in [-0.2, 0) is 10.3 Å². The van der Waals surface area contributed by atoms with Gasteiger partial charge in [0.25, 0.3) is 0 Å². The highest BCUT2D eigenvalue weighted by molar-refractivity contribution is 5.43. The molecule has 2 rings (SSSR count). The van der Waals surface area contributed by atoms with E-state index in [2.05, 4.69) is 10.9 Å². The van der Waals surface area contributed by atoms with E-state index in [0.29, 0.717) is 0 Å². The van der Waals surface area contributed by atoms with Crippen molar-refractivity contribution >= 4 is 6.08 Å². The molecule has 1 aliphatic carbocycles. The number of nitrogens with zero attached hydrogens (tertiary/aromatic N) is 1. The molecule has 68 valence electrons. The van der Waals surface area contributed by atoms with Crippen LogP contribution in [0.4, 0.5) is 0 Å². The molecule has 0 aromatic heterocycles. The van der Waals surface area contributed by atoms with E-state index in [4.69, 9.17) is 6.42 Å². The average Bonchev–Trinajstić information content (AvgIpc) is 3.00. The van der Waals surface area contributed by atoms with Crippen LogP contribution in [0.2, 0.25) is 0 Å². The van der Waals surface area contributed by atoms with Crippen molar-refractivity contribution in [3.63, 3.8) is 0 Å². The van der Waals surface area contributed by atoms with Gasteiger partial charge in [0.15, 0.2) is 0 Å². The van der Waals surface area contributed by atoms with Crippen LogP contribution in [0.15, 0.2) is 29.3 Å². The molecular formula is C12H9NO. The van der Waals surface area contributed by atoms with Gasteiger partial charge in [-0.1, -0.05) is 18.1 Å².